The van der Waals surface area contributed by atoms with Gasteiger partial charge in [0.25, 0.3) is 5.91 Å². The van der Waals surface area contributed by atoms with E-state index in [9.17, 15) is 4.79 Å². The van der Waals surface area contributed by atoms with Gasteiger partial charge in [-0.1, -0.05) is 29.8 Å². The number of carbonyl (C=O) groups is 1. The van der Waals surface area contributed by atoms with Gasteiger partial charge >= 0.3 is 0 Å². The molecule has 0 aliphatic carbocycles. The van der Waals surface area contributed by atoms with Gasteiger partial charge in [-0.3, -0.25) is 4.79 Å². The van der Waals surface area contributed by atoms with Crippen LogP contribution in [0, 0.1) is 6.92 Å². The van der Waals surface area contributed by atoms with Crippen LogP contribution in [0.4, 0.5) is 11.4 Å². The summed E-state index contributed by atoms with van der Waals surface area (Å²) in [5.74, 6) is -0.187. The van der Waals surface area contributed by atoms with Crippen molar-refractivity contribution in [3.05, 3.63) is 57.0 Å². The number of hydrogen-bond acceptors (Lipinski definition) is 2. The third kappa shape index (κ3) is 2.25. The quantitative estimate of drug-likeness (QED) is 0.810. The highest BCUT2D eigenvalue weighted by Crippen LogP contribution is 2.31. The van der Waals surface area contributed by atoms with Crippen molar-refractivity contribution in [3.8, 4) is 0 Å². The Kier molecular flexibility index (Phi) is 3.36. The van der Waals surface area contributed by atoms with Crippen LogP contribution >= 0.6 is 27.5 Å². The van der Waals surface area contributed by atoms with Gasteiger partial charge in [0.05, 0.1) is 16.4 Å². The maximum absolute atomic E-state index is 12.1. The molecule has 3 rings (SSSR count). The molecule has 3 nitrogen and oxygen atoms in total. The Bertz CT molecular complexity index is 756. The minimum atomic E-state index is -0.187. The van der Waals surface area contributed by atoms with Crippen molar-refractivity contribution in [3.63, 3.8) is 0 Å². The van der Waals surface area contributed by atoms with E-state index in [-0.39, 0.29) is 5.91 Å². The van der Waals surface area contributed by atoms with Crippen LogP contribution in [0.3, 0.4) is 0 Å². The fraction of sp³-hybridized carbons (Fsp3) is 0.0667. The SMILES string of the molecule is Cc1cccc2c1NC(=O)C2=Nc1ccc(Br)c(Cl)c1. The largest absolute Gasteiger partial charge is 0.320 e. The number of nitrogens with one attached hydrogen (secondary N) is 1. The number of aryl methyl sites for hydroxylation is 1. The van der Waals surface area contributed by atoms with Crippen LogP contribution in [0.2, 0.25) is 5.02 Å². The molecule has 5 heteroatoms. The highest BCUT2D eigenvalue weighted by atomic mass is 79.9. The summed E-state index contributed by atoms with van der Waals surface area (Å²) in [6.45, 7) is 1.96. The molecule has 20 heavy (non-hydrogen) atoms. The molecule has 0 bridgehead atoms. The van der Waals surface area contributed by atoms with Gasteiger partial charge in [0, 0.05) is 10.0 Å². The Balaban J connectivity index is 2.11. The molecule has 1 heterocycles. The summed E-state index contributed by atoms with van der Waals surface area (Å²) in [6.07, 6.45) is 0. The first kappa shape index (κ1) is 13.3. The molecule has 2 aromatic carbocycles. The predicted octanol–water partition coefficient (Wildman–Crippen LogP) is 4.48. The standard InChI is InChI=1S/C15H10BrClN2O/c1-8-3-2-4-10-13(8)19-15(20)14(10)18-9-5-6-11(16)12(17)7-9/h2-7H,1H3,(H,18,19,20). The van der Waals surface area contributed by atoms with Crippen LogP contribution in [0.5, 0.6) is 0 Å². The lowest BCUT2D eigenvalue weighted by molar-refractivity contribution is -0.110. The van der Waals surface area contributed by atoms with Crippen LogP contribution < -0.4 is 5.32 Å². The maximum atomic E-state index is 12.1. The number of fused-ring (bicyclic) bond motifs is 1. The number of hydrogen-bond donors (Lipinski definition) is 1. The molecule has 2 aromatic rings. The lowest BCUT2D eigenvalue weighted by atomic mass is 10.1. The first-order chi connectivity index (χ1) is 9.56. The number of aliphatic imine (C=N–C) groups is 1. The van der Waals surface area contributed by atoms with E-state index in [1.807, 2.05) is 37.3 Å². The van der Waals surface area contributed by atoms with Crippen molar-refractivity contribution in [1.82, 2.24) is 0 Å². The molecule has 1 N–H and O–H groups in total. The van der Waals surface area contributed by atoms with Gasteiger partial charge in [0.15, 0.2) is 0 Å². The molecular weight excluding hydrogens is 340 g/mol. The van der Waals surface area contributed by atoms with E-state index in [0.717, 1.165) is 21.3 Å². The molecule has 0 saturated heterocycles. The first-order valence-corrected chi connectivity index (χ1v) is 7.18. The van der Waals surface area contributed by atoms with Gasteiger partial charge in [-0.15, -0.1) is 0 Å². The number of para-hydroxylation sites is 1. The Labute approximate surface area is 129 Å². The van der Waals surface area contributed by atoms with E-state index in [4.69, 9.17) is 11.6 Å². The fourth-order valence-corrected chi connectivity index (χ4v) is 2.54. The van der Waals surface area contributed by atoms with E-state index in [1.165, 1.54) is 0 Å². The molecule has 0 fully saturated rings. The highest BCUT2D eigenvalue weighted by Gasteiger charge is 2.26. The molecule has 1 amide bonds. The predicted molar refractivity (Wildman–Crippen MR) is 85.2 cm³/mol. The zero-order chi connectivity index (χ0) is 14.3. The lowest BCUT2D eigenvalue weighted by Crippen LogP contribution is -2.13. The molecule has 0 spiro atoms. The Morgan fingerprint density at radius 2 is 2.05 bits per heavy atom. The number of carbonyl (C=O) groups excluding carboxylic acids is 1. The molecular formula is C15H10BrClN2O. The van der Waals surface area contributed by atoms with Crippen LogP contribution in [-0.4, -0.2) is 11.6 Å². The van der Waals surface area contributed by atoms with E-state index < -0.39 is 0 Å². The van der Waals surface area contributed by atoms with E-state index in [2.05, 4.69) is 26.2 Å². The minimum Gasteiger partial charge on any atom is -0.320 e. The fourth-order valence-electron chi connectivity index (χ4n) is 2.12. The molecule has 0 unspecified atom stereocenters. The van der Waals surface area contributed by atoms with Crippen molar-refractivity contribution in [2.75, 3.05) is 5.32 Å². The van der Waals surface area contributed by atoms with Gasteiger partial charge in [0.2, 0.25) is 0 Å². The lowest BCUT2D eigenvalue weighted by Gasteiger charge is -2.01. The van der Waals surface area contributed by atoms with Crippen molar-refractivity contribution < 1.29 is 4.79 Å². The molecule has 100 valence electrons. The summed E-state index contributed by atoms with van der Waals surface area (Å²) in [7, 11) is 0. The second-order valence-corrected chi connectivity index (χ2v) is 5.77. The van der Waals surface area contributed by atoms with Crippen molar-refractivity contribution in [2.24, 2.45) is 4.99 Å². The van der Waals surface area contributed by atoms with Crippen LogP contribution in [0.15, 0.2) is 45.9 Å². The number of benzene rings is 2. The number of rotatable bonds is 1. The van der Waals surface area contributed by atoms with Crippen LogP contribution in [-0.2, 0) is 4.79 Å². The summed E-state index contributed by atoms with van der Waals surface area (Å²) in [5, 5.41) is 3.41. The number of amides is 1. The van der Waals surface area contributed by atoms with Crippen molar-refractivity contribution >= 4 is 50.5 Å². The molecule has 0 atom stereocenters. The van der Waals surface area contributed by atoms with Gasteiger partial charge in [-0.2, -0.15) is 0 Å². The zero-order valence-electron chi connectivity index (χ0n) is 10.6. The Hall–Kier alpha value is -1.65. The van der Waals surface area contributed by atoms with Gasteiger partial charge < -0.3 is 5.32 Å². The molecule has 0 saturated carbocycles. The summed E-state index contributed by atoms with van der Waals surface area (Å²) in [4.78, 5) is 16.5. The third-order valence-electron chi connectivity index (χ3n) is 3.13. The van der Waals surface area contributed by atoms with Gasteiger partial charge in [0.1, 0.15) is 5.71 Å². The van der Waals surface area contributed by atoms with Crippen LogP contribution in [0.1, 0.15) is 11.1 Å². The van der Waals surface area contributed by atoms with E-state index >= 15 is 0 Å². The Morgan fingerprint density at radius 1 is 1.25 bits per heavy atom. The second kappa shape index (κ2) is 5.04. The number of anilines is 1. The first-order valence-electron chi connectivity index (χ1n) is 6.01. The normalized spacial score (nSPS) is 15.3. The molecule has 1 aliphatic rings. The molecule has 1 aliphatic heterocycles. The third-order valence-corrected chi connectivity index (χ3v) is 4.36. The molecule has 0 aromatic heterocycles. The Morgan fingerprint density at radius 3 is 2.80 bits per heavy atom. The number of halogens is 2. The summed E-state index contributed by atoms with van der Waals surface area (Å²) < 4.78 is 0.801. The highest BCUT2D eigenvalue weighted by molar-refractivity contribution is 9.10. The zero-order valence-corrected chi connectivity index (χ0v) is 12.9. The topological polar surface area (TPSA) is 41.5 Å². The van der Waals surface area contributed by atoms with Gasteiger partial charge in [-0.05, 0) is 46.6 Å². The molecule has 0 radical (unpaired) electrons. The second-order valence-electron chi connectivity index (χ2n) is 4.51. The van der Waals surface area contributed by atoms with E-state index in [0.29, 0.717) is 16.4 Å². The maximum Gasteiger partial charge on any atom is 0.275 e. The summed E-state index contributed by atoms with van der Waals surface area (Å²) in [5.41, 5.74) is 3.75. The van der Waals surface area contributed by atoms with E-state index in [1.54, 1.807) is 6.07 Å². The average molecular weight is 350 g/mol. The van der Waals surface area contributed by atoms with Crippen LogP contribution in [0.25, 0.3) is 0 Å². The van der Waals surface area contributed by atoms with Crippen molar-refractivity contribution in [2.45, 2.75) is 6.92 Å². The van der Waals surface area contributed by atoms with Gasteiger partial charge in [-0.25, -0.2) is 4.99 Å². The minimum absolute atomic E-state index is 0.187. The summed E-state index contributed by atoms with van der Waals surface area (Å²) in [6, 6.07) is 11.1. The van der Waals surface area contributed by atoms with Crippen molar-refractivity contribution in [1.29, 1.82) is 0 Å². The average Bonchev–Trinajstić information content (AvgIpc) is 2.73. The smallest absolute Gasteiger partial charge is 0.275 e. The summed E-state index contributed by atoms with van der Waals surface area (Å²) >= 11 is 9.37. The monoisotopic (exact) mass is 348 g/mol. The number of nitrogens with zero attached hydrogens (tertiary/aromatic N) is 1.